The number of nitrogens with one attached hydrogen (secondary N) is 1. The van der Waals surface area contributed by atoms with E-state index in [1.807, 2.05) is 30.3 Å². The molecule has 1 unspecified atom stereocenters. The van der Waals surface area contributed by atoms with Crippen LogP contribution in [0.4, 0.5) is 10.1 Å². The molecule has 2 aromatic carbocycles. The van der Waals surface area contributed by atoms with Crippen molar-refractivity contribution < 1.29 is 9.18 Å². The molecule has 0 spiro atoms. The molecule has 2 rings (SSSR count). The number of hydrogen-bond donors (Lipinski definition) is 2. The van der Waals surface area contributed by atoms with Crippen LogP contribution in [0.3, 0.4) is 0 Å². The molecular formula is C17H19FN2O. The number of rotatable bonds is 5. The minimum Gasteiger partial charge on any atom is -0.326 e. The highest BCUT2D eigenvalue weighted by Crippen LogP contribution is 2.18. The predicted octanol–water partition coefficient (Wildman–Crippen LogP) is 3.55. The summed E-state index contributed by atoms with van der Waals surface area (Å²) >= 11 is 0. The Morgan fingerprint density at radius 2 is 1.95 bits per heavy atom. The zero-order valence-electron chi connectivity index (χ0n) is 12.0. The molecule has 1 atom stereocenters. The molecule has 0 aliphatic rings. The number of amides is 1. The maximum absolute atomic E-state index is 13.0. The van der Waals surface area contributed by atoms with Crippen LogP contribution in [-0.4, -0.2) is 5.91 Å². The third-order valence-corrected chi connectivity index (χ3v) is 3.37. The van der Waals surface area contributed by atoms with Crippen molar-refractivity contribution in [3.8, 4) is 0 Å². The summed E-state index contributed by atoms with van der Waals surface area (Å²) < 4.78 is 13.0. The molecule has 0 saturated heterocycles. The van der Waals surface area contributed by atoms with Crippen molar-refractivity contribution in [2.75, 3.05) is 5.32 Å². The van der Waals surface area contributed by atoms with Crippen LogP contribution in [-0.2, 0) is 4.79 Å². The van der Waals surface area contributed by atoms with Crippen LogP contribution in [0.5, 0.6) is 0 Å². The fourth-order valence-electron chi connectivity index (χ4n) is 2.13. The highest BCUT2D eigenvalue weighted by Gasteiger charge is 2.10. The lowest BCUT2D eigenvalue weighted by Crippen LogP contribution is -2.17. The van der Waals surface area contributed by atoms with Crippen LogP contribution in [0.15, 0.2) is 48.5 Å². The molecule has 0 bridgehead atoms. The lowest BCUT2D eigenvalue weighted by Gasteiger charge is -2.12. The largest absolute Gasteiger partial charge is 0.326 e. The second-order valence-corrected chi connectivity index (χ2v) is 5.06. The van der Waals surface area contributed by atoms with E-state index in [1.54, 1.807) is 13.0 Å². The fraction of sp³-hybridized carbons (Fsp3) is 0.235. The molecule has 3 N–H and O–H groups in total. The molecule has 21 heavy (non-hydrogen) atoms. The number of hydrogen-bond acceptors (Lipinski definition) is 2. The van der Waals surface area contributed by atoms with Gasteiger partial charge in [0.25, 0.3) is 0 Å². The van der Waals surface area contributed by atoms with Gasteiger partial charge in [0.15, 0.2) is 0 Å². The number of aryl methyl sites for hydroxylation is 1. The topological polar surface area (TPSA) is 55.1 Å². The molecule has 0 aliphatic carbocycles. The molecule has 0 fully saturated rings. The molecule has 110 valence electrons. The molecule has 3 nitrogen and oxygen atoms in total. The monoisotopic (exact) mass is 286 g/mol. The van der Waals surface area contributed by atoms with Gasteiger partial charge < -0.3 is 11.1 Å². The molecule has 1 amide bonds. The Labute approximate surface area is 124 Å². The van der Waals surface area contributed by atoms with Crippen LogP contribution >= 0.6 is 0 Å². The second-order valence-electron chi connectivity index (χ2n) is 5.06. The van der Waals surface area contributed by atoms with Gasteiger partial charge in [-0.15, -0.1) is 0 Å². The van der Waals surface area contributed by atoms with Crippen LogP contribution in [0.25, 0.3) is 0 Å². The van der Waals surface area contributed by atoms with E-state index < -0.39 is 0 Å². The van der Waals surface area contributed by atoms with E-state index in [0.717, 1.165) is 5.56 Å². The van der Waals surface area contributed by atoms with E-state index in [0.29, 0.717) is 24.1 Å². The number of anilines is 1. The Kier molecular flexibility index (Phi) is 5.06. The van der Waals surface area contributed by atoms with E-state index >= 15 is 0 Å². The van der Waals surface area contributed by atoms with Crippen molar-refractivity contribution >= 4 is 11.6 Å². The average Bonchev–Trinajstić information content (AvgIpc) is 2.48. The minimum atomic E-state index is -0.309. The normalized spacial score (nSPS) is 12.0. The molecule has 2 aromatic rings. The third-order valence-electron chi connectivity index (χ3n) is 3.37. The second kappa shape index (κ2) is 6.99. The number of benzene rings is 2. The molecule has 4 heteroatoms. The zero-order valence-corrected chi connectivity index (χ0v) is 12.0. The Bertz CT molecular complexity index is 613. The van der Waals surface area contributed by atoms with Crippen LogP contribution in [0.2, 0.25) is 0 Å². The maximum Gasteiger partial charge on any atom is 0.224 e. The van der Waals surface area contributed by atoms with Gasteiger partial charge in [0, 0.05) is 18.2 Å². The van der Waals surface area contributed by atoms with Crippen molar-refractivity contribution in [2.24, 2.45) is 5.73 Å². The highest BCUT2D eigenvalue weighted by atomic mass is 19.1. The van der Waals surface area contributed by atoms with Gasteiger partial charge >= 0.3 is 0 Å². The van der Waals surface area contributed by atoms with Gasteiger partial charge in [0.1, 0.15) is 5.82 Å². The maximum atomic E-state index is 13.0. The summed E-state index contributed by atoms with van der Waals surface area (Å²) in [4.78, 5) is 11.9. The first-order valence-electron chi connectivity index (χ1n) is 6.93. The van der Waals surface area contributed by atoms with Gasteiger partial charge in [0.2, 0.25) is 5.91 Å². The molecule has 0 heterocycles. The Morgan fingerprint density at radius 1 is 1.24 bits per heavy atom. The Balaban J connectivity index is 1.87. The van der Waals surface area contributed by atoms with E-state index in [4.69, 9.17) is 5.73 Å². The summed E-state index contributed by atoms with van der Waals surface area (Å²) in [5.41, 5.74) is 8.41. The zero-order chi connectivity index (χ0) is 15.2. The van der Waals surface area contributed by atoms with Gasteiger partial charge in [-0.05, 0) is 42.7 Å². The summed E-state index contributed by atoms with van der Waals surface area (Å²) in [6.45, 7) is 1.76. The van der Waals surface area contributed by atoms with Crippen molar-refractivity contribution in [1.29, 1.82) is 0 Å². The third kappa shape index (κ3) is 4.39. The standard InChI is InChI=1S/C17H19FN2O/c1-12-11-14(18)7-9-16(12)20-17(21)10-8-15(19)13-5-3-2-4-6-13/h2-7,9,11,15H,8,10,19H2,1H3,(H,20,21). The van der Waals surface area contributed by atoms with Gasteiger partial charge in [-0.3, -0.25) is 4.79 Å². The van der Waals surface area contributed by atoms with Crippen molar-refractivity contribution in [3.05, 3.63) is 65.5 Å². The van der Waals surface area contributed by atoms with Gasteiger partial charge in [-0.2, -0.15) is 0 Å². The van der Waals surface area contributed by atoms with E-state index in [2.05, 4.69) is 5.32 Å². The summed E-state index contributed by atoms with van der Waals surface area (Å²) in [5.74, 6) is -0.423. The van der Waals surface area contributed by atoms with Crippen molar-refractivity contribution in [3.63, 3.8) is 0 Å². The van der Waals surface area contributed by atoms with E-state index in [1.165, 1.54) is 12.1 Å². The molecule has 0 saturated carbocycles. The smallest absolute Gasteiger partial charge is 0.224 e. The Morgan fingerprint density at radius 3 is 2.62 bits per heavy atom. The molecule has 0 aromatic heterocycles. The van der Waals surface area contributed by atoms with E-state index in [9.17, 15) is 9.18 Å². The number of nitrogens with two attached hydrogens (primary N) is 1. The number of carbonyl (C=O) groups excluding carboxylic acids is 1. The molecule has 0 aliphatic heterocycles. The minimum absolute atomic E-state index is 0.115. The van der Waals surface area contributed by atoms with Crippen LogP contribution in [0.1, 0.15) is 30.0 Å². The summed E-state index contributed by atoms with van der Waals surface area (Å²) in [7, 11) is 0. The lowest BCUT2D eigenvalue weighted by molar-refractivity contribution is -0.116. The van der Waals surface area contributed by atoms with Crippen molar-refractivity contribution in [2.45, 2.75) is 25.8 Å². The highest BCUT2D eigenvalue weighted by molar-refractivity contribution is 5.91. The predicted molar refractivity (Wildman–Crippen MR) is 82.4 cm³/mol. The van der Waals surface area contributed by atoms with Gasteiger partial charge in [0.05, 0.1) is 0 Å². The number of carbonyl (C=O) groups is 1. The van der Waals surface area contributed by atoms with E-state index in [-0.39, 0.29) is 17.8 Å². The summed E-state index contributed by atoms with van der Waals surface area (Å²) in [5, 5.41) is 2.78. The number of halogens is 1. The Hall–Kier alpha value is -2.20. The van der Waals surface area contributed by atoms with Crippen LogP contribution in [0, 0.1) is 12.7 Å². The summed E-state index contributed by atoms with van der Waals surface area (Å²) in [6, 6.07) is 13.8. The molecule has 0 radical (unpaired) electrons. The average molecular weight is 286 g/mol. The fourth-order valence-corrected chi connectivity index (χ4v) is 2.13. The quantitative estimate of drug-likeness (QED) is 0.883. The van der Waals surface area contributed by atoms with Gasteiger partial charge in [-0.1, -0.05) is 30.3 Å². The molecular weight excluding hydrogens is 267 g/mol. The first kappa shape index (κ1) is 15.2. The summed E-state index contributed by atoms with van der Waals surface area (Å²) in [6.07, 6.45) is 0.892. The first-order valence-corrected chi connectivity index (χ1v) is 6.93. The lowest BCUT2D eigenvalue weighted by atomic mass is 10.0. The van der Waals surface area contributed by atoms with Crippen molar-refractivity contribution in [1.82, 2.24) is 0 Å². The first-order chi connectivity index (χ1) is 10.1. The van der Waals surface area contributed by atoms with Gasteiger partial charge in [-0.25, -0.2) is 4.39 Å². The van der Waals surface area contributed by atoms with Crippen LogP contribution < -0.4 is 11.1 Å². The SMILES string of the molecule is Cc1cc(F)ccc1NC(=O)CCC(N)c1ccccc1.